The monoisotopic (exact) mass is 1540 g/mol. The van der Waals surface area contributed by atoms with Crippen LogP contribution >= 0.6 is 15.6 Å². The summed E-state index contributed by atoms with van der Waals surface area (Å²) in [7, 11) is -9.93. The van der Waals surface area contributed by atoms with E-state index in [-0.39, 0.29) is 25.7 Å². The minimum Gasteiger partial charge on any atom is -0.462 e. The number of aliphatic hydroxyl groups is 1. The van der Waals surface area contributed by atoms with E-state index in [1.165, 1.54) is 257 Å². The number of aliphatic hydroxyl groups excluding tert-OH is 1. The molecule has 0 heterocycles. The summed E-state index contributed by atoms with van der Waals surface area (Å²) in [6, 6.07) is 0. The van der Waals surface area contributed by atoms with Crippen molar-refractivity contribution in [2.45, 2.75) is 471 Å². The highest BCUT2D eigenvalue weighted by Gasteiger charge is 2.30. The Hall–Kier alpha value is -1.94. The molecule has 0 aromatic rings. The molecule has 0 bridgehead atoms. The average molecular weight is 1540 g/mol. The summed E-state index contributed by atoms with van der Waals surface area (Å²) >= 11 is 0. The van der Waals surface area contributed by atoms with E-state index in [0.29, 0.717) is 25.7 Å². The van der Waals surface area contributed by atoms with Crippen molar-refractivity contribution in [3.63, 3.8) is 0 Å². The van der Waals surface area contributed by atoms with Crippen LogP contribution in [0.4, 0.5) is 0 Å². The predicted octanol–water partition coefficient (Wildman–Crippen LogP) is 26.1. The molecule has 0 spiro atoms. The van der Waals surface area contributed by atoms with Crippen LogP contribution in [0.3, 0.4) is 0 Å². The lowest BCUT2D eigenvalue weighted by atomic mass is 10.00. The van der Waals surface area contributed by atoms with Crippen molar-refractivity contribution in [1.82, 2.24) is 0 Å². The van der Waals surface area contributed by atoms with E-state index in [9.17, 15) is 43.2 Å². The fourth-order valence-electron chi connectivity index (χ4n) is 13.3. The van der Waals surface area contributed by atoms with Gasteiger partial charge < -0.3 is 33.8 Å². The Labute approximate surface area is 645 Å². The lowest BCUT2D eigenvalue weighted by molar-refractivity contribution is -0.161. The fourth-order valence-corrected chi connectivity index (χ4v) is 14.9. The molecule has 19 heteroatoms. The first kappa shape index (κ1) is 103. The van der Waals surface area contributed by atoms with Gasteiger partial charge in [0.1, 0.15) is 19.3 Å². The summed E-state index contributed by atoms with van der Waals surface area (Å²) in [5.41, 5.74) is 0. The van der Waals surface area contributed by atoms with E-state index in [1.54, 1.807) is 0 Å². The fraction of sp³-hybridized carbons (Fsp3) is 0.953. The molecule has 0 saturated heterocycles. The molecule has 0 rings (SSSR count). The number of hydrogen-bond acceptors (Lipinski definition) is 15. The Morgan fingerprint density at radius 3 is 0.724 bits per heavy atom. The quantitative estimate of drug-likeness (QED) is 0.0222. The number of carbonyl (C=O) groups is 4. The minimum atomic E-state index is -4.97. The van der Waals surface area contributed by atoms with Crippen molar-refractivity contribution < 1.29 is 80.2 Å². The third-order valence-corrected chi connectivity index (χ3v) is 22.4. The van der Waals surface area contributed by atoms with Gasteiger partial charge in [0.2, 0.25) is 0 Å². The largest absolute Gasteiger partial charge is 0.472 e. The zero-order chi connectivity index (χ0) is 77.2. The van der Waals surface area contributed by atoms with Crippen LogP contribution in [-0.4, -0.2) is 96.7 Å². The first-order chi connectivity index (χ1) is 50.8. The van der Waals surface area contributed by atoms with Crippen LogP contribution < -0.4 is 0 Å². The third-order valence-electron chi connectivity index (χ3n) is 20.5. The minimum absolute atomic E-state index is 0.106. The summed E-state index contributed by atoms with van der Waals surface area (Å²) in [5.74, 6) is 0.221. The molecule has 624 valence electrons. The maximum absolute atomic E-state index is 13.1. The van der Waals surface area contributed by atoms with Crippen molar-refractivity contribution in [1.29, 1.82) is 0 Å². The van der Waals surface area contributed by atoms with Gasteiger partial charge in [-0.1, -0.05) is 402 Å². The average Bonchev–Trinajstić information content (AvgIpc) is 0.909. The summed E-state index contributed by atoms with van der Waals surface area (Å²) in [4.78, 5) is 73.2. The molecule has 0 aromatic heterocycles. The smallest absolute Gasteiger partial charge is 0.462 e. The van der Waals surface area contributed by atoms with Gasteiger partial charge in [-0.15, -0.1) is 0 Å². The summed E-state index contributed by atoms with van der Waals surface area (Å²) in [6.45, 7) is 12.0. The highest BCUT2D eigenvalue weighted by atomic mass is 31.2. The Morgan fingerprint density at radius 1 is 0.276 bits per heavy atom. The molecule has 105 heavy (non-hydrogen) atoms. The second kappa shape index (κ2) is 76.1. The standard InChI is InChI=1S/C86H168O17P2/c1-8-10-11-12-13-14-15-16-17-18-19-23-26-29-35-40-45-53-60-67-83(88)96-73-81(102-85(90)69-62-55-46-41-36-30-27-24-21-20-22-25-28-33-38-43-50-57-64-77(3)4)75-100-104(92,93)98-71-80(87)72-99-105(94,95)101-76-82(74-97-84(89)68-61-54-49-48-52-59-66-79(7)9-2)103-86(91)70-63-56-47-42-37-32-31-34-39-44-51-58-65-78(5)6/h77-82,87H,8-76H2,1-7H3,(H,92,93)(H,94,95)/t79?,80-,81-,82-/m1/s1. The van der Waals surface area contributed by atoms with E-state index < -0.39 is 97.5 Å². The Balaban J connectivity index is 5.23. The maximum atomic E-state index is 13.1. The topological polar surface area (TPSA) is 237 Å². The Morgan fingerprint density at radius 2 is 0.486 bits per heavy atom. The number of phosphoric ester groups is 2. The van der Waals surface area contributed by atoms with Crippen molar-refractivity contribution in [3.05, 3.63) is 0 Å². The SMILES string of the molecule is CCCCCCCCCCCCCCCCCCCCCC(=O)OC[C@H](COP(=O)(O)OC[C@@H](O)COP(=O)(O)OC[C@@H](COC(=O)CCCCCCCCC(C)CC)OC(=O)CCCCCCCCCCCCCCC(C)C)OC(=O)CCCCCCCCCCCCCCCCCCCCC(C)C. The van der Waals surface area contributed by atoms with Crippen LogP contribution in [0.1, 0.15) is 453 Å². The molecule has 0 radical (unpaired) electrons. The van der Waals surface area contributed by atoms with Gasteiger partial charge in [0.25, 0.3) is 0 Å². The van der Waals surface area contributed by atoms with Gasteiger partial charge in [-0.2, -0.15) is 0 Å². The second-order valence-corrected chi connectivity index (χ2v) is 35.0. The summed E-state index contributed by atoms with van der Waals surface area (Å²) in [6.07, 6.45) is 66.8. The van der Waals surface area contributed by atoms with Gasteiger partial charge in [-0.05, 0) is 43.4 Å². The van der Waals surface area contributed by atoms with Gasteiger partial charge in [0.05, 0.1) is 26.4 Å². The number of phosphoric acid groups is 2. The van der Waals surface area contributed by atoms with Gasteiger partial charge in [0.15, 0.2) is 12.2 Å². The lowest BCUT2D eigenvalue weighted by Gasteiger charge is -2.21. The normalized spacial score (nSPS) is 14.1. The van der Waals surface area contributed by atoms with Crippen LogP contribution in [-0.2, 0) is 65.4 Å². The van der Waals surface area contributed by atoms with Crippen LogP contribution in [0.2, 0.25) is 0 Å². The Kier molecular flexibility index (Phi) is 74.7. The molecule has 0 aliphatic carbocycles. The van der Waals surface area contributed by atoms with Crippen molar-refractivity contribution >= 4 is 39.5 Å². The van der Waals surface area contributed by atoms with Crippen LogP contribution in [0, 0.1) is 17.8 Å². The number of ether oxygens (including phenoxy) is 4. The zero-order valence-electron chi connectivity index (χ0n) is 69.2. The van der Waals surface area contributed by atoms with E-state index in [2.05, 4.69) is 48.5 Å². The molecular weight excluding hydrogens is 1370 g/mol. The summed E-state index contributed by atoms with van der Waals surface area (Å²) in [5, 5.41) is 10.7. The maximum Gasteiger partial charge on any atom is 0.472 e. The number of esters is 4. The molecular formula is C86H168O17P2. The molecule has 3 N–H and O–H groups in total. The first-order valence-corrected chi connectivity index (χ1v) is 47.4. The van der Waals surface area contributed by atoms with Gasteiger partial charge in [0, 0.05) is 25.7 Å². The van der Waals surface area contributed by atoms with Crippen molar-refractivity contribution in [2.75, 3.05) is 39.6 Å². The number of unbranched alkanes of at least 4 members (excludes halogenated alkanes) is 51. The molecule has 0 aliphatic heterocycles. The second-order valence-electron chi connectivity index (χ2n) is 32.1. The number of rotatable bonds is 84. The third kappa shape index (κ3) is 78.5. The molecule has 0 aliphatic rings. The molecule has 0 saturated carbocycles. The van der Waals surface area contributed by atoms with Crippen LogP contribution in [0.5, 0.6) is 0 Å². The van der Waals surface area contributed by atoms with E-state index in [1.807, 2.05) is 0 Å². The molecule has 3 unspecified atom stereocenters. The zero-order valence-corrected chi connectivity index (χ0v) is 71.0. The first-order valence-electron chi connectivity index (χ1n) is 44.4. The highest BCUT2D eigenvalue weighted by molar-refractivity contribution is 7.47. The molecule has 0 aromatic carbocycles. The van der Waals surface area contributed by atoms with Gasteiger partial charge >= 0.3 is 39.5 Å². The van der Waals surface area contributed by atoms with Crippen molar-refractivity contribution in [2.24, 2.45) is 17.8 Å². The van der Waals surface area contributed by atoms with Crippen LogP contribution in [0.25, 0.3) is 0 Å². The van der Waals surface area contributed by atoms with E-state index in [4.69, 9.17) is 37.0 Å². The van der Waals surface area contributed by atoms with Crippen LogP contribution in [0.15, 0.2) is 0 Å². The molecule has 0 amide bonds. The number of carbonyl (C=O) groups excluding carboxylic acids is 4. The van der Waals surface area contributed by atoms with Gasteiger partial charge in [-0.25, -0.2) is 9.13 Å². The predicted molar refractivity (Wildman–Crippen MR) is 432 cm³/mol. The van der Waals surface area contributed by atoms with E-state index in [0.717, 1.165) is 114 Å². The lowest BCUT2D eigenvalue weighted by Crippen LogP contribution is -2.30. The van der Waals surface area contributed by atoms with Crippen molar-refractivity contribution in [3.8, 4) is 0 Å². The Bertz CT molecular complexity index is 2030. The number of hydrogen-bond donors (Lipinski definition) is 3. The molecule has 17 nitrogen and oxygen atoms in total. The highest BCUT2D eigenvalue weighted by Crippen LogP contribution is 2.45. The molecule has 0 fully saturated rings. The van der Waals surface area contributed by atoms with E-state index >= 15 is 0 Å². The van der Waals surface area contributed by atoms with Gasteiger partial charge in [-0.3, -0.25) is 37.3 Å². The molecule has 6 atom stereocenters. The summed E-state index contributed by atoms with van der Waals surface area (Å²) < 4.78 is 68.9.